The number of halogens is 1. The van der Waals surface area contributed by atoms with E-state index >= 15 is 0 Å². The number of hydrogen-bond acceptors (Lipinski definition) is 5. The molecular weight excluding hydrogens is 187 g/mol. The number of nitrogens with zero attached hydrogens (tertiary/aromatic N) is 4. The minimum atomic E-state index is -2.46. The van der Waals surface area contributed by atoms with E-state index < -0.39 is 23.1 Å². The first kappa shape index (κ1) is 9.03. The summed E-state index contributed by atoms with van der Waals surface area (Å²) in [6.07, 6.45) is -1.82. The Morgan fingerprint density at radius 3 is 2.85 bits per heavy atom. The van der Waals surface area contributed by atoms with E-state index in [1.165, 1.54) is 0 Å². The zero-order chi connectivity index (χ0) is 10.0. The smallest absolute Gasteiger partial charge is 0.478 e. The fourth-order valence-electron chi connectivity index (χ4n) is 0.572. The van der Waals surface area contributed by atoms with E-state index in [1.54, 1.807) is 0 Å². The van der Waals surface area contributed by atoms with Crippen molar-refractivity contribution < 1.29 is 19.2 Å². The van der Waals surface area contributed by atoms with Crippen molar-refractivity contribution in [1.82, 2.24) is 14.8 Å². The van der Waals surface area contributed by atoms with Gasteiger partial charge in [0.15, 0.2) is 0 Å². The number of rotatable bonds is 3. The molecule has 9 heteroatoms. The van der Waals surface area contributed by atoms with Gasteiger partial charge in [-0.2, -0.15) is 0 Å². The van der Waals surface area contributed by atoms with E-state index in [1.807, 2.05) is 0 Å². The van der Waals surface area contributed by atoms with Crippen molar-refractivity contribution in [3.63, 3.8) is 0 Å². The molecule has 0 saturated heterocycles. The molecule has 1 aromatic heterocycles. The lowest BCUT2D eigenvalue weighted by Crippen LogP contribution is -2.14. The Morgan fingerprint density at radius 1 is 1.85 bits per heavy atom. The third-order valence-electron chi connectivity index (χ3n) is 1.10. The van der Waals surface area contributed by atoms with Crippen molar-refractivity contribution in [2.75, 3.05) is 0 Å². The summed E-state index contributed by atoms with van der Waals surface area (Å²) in [7, 11) is 0. The molecule has 1 rings (SSSR count). The summed E-state index contributed by atoms with van der Waals surface area (Å²) >= 11 is 0. The fourth-order valence-corrected chi connectivity index (χ4v) is 0.572. The predicted octanol–water partition coefficient (Wildman–Crippen LogP) is -0.261. The summed E-state index contributed by atoms with van der Waals surface area (Å²) in [4.78, 5) is 22.2. The van der Waals surface area contributed by atoms with Crippen molar-refractivity contribution in [3.8, 4) is 0 Å². The van der Waals surface area contributed by atoms with Crippen molar-refractivity contribution >= 4 is 11.9 Å². The Labute approximate surface area is 69.8 Å². The number of aromatic nitrogens is 3. The van der Waals surface area contributed by atoms with Crippen LogP contribution in [0.25, 0.3) is 0 Å². The van der Waals surface area contributed by atoms with Crippen molar-refractivity contribution in [3.05, 3.63) is 16.4 Å². The average Bonchev–Trinajstić information content (AvgIpc) is 2.50. The lowest BCUT2D eigenvalue weighted by molar-refractivity contribution is -0.394. The molecule has 0 aliphatic rings. The average molecular weight is 190 g/mol. The molecule has 0 aromatic carbocycles. The quantitative estimate of drug-likeness (QED) is 0.519. The van der Waals surface area contributed by atoms with Crippen LogP contribution in [0, 0.1) is 10.1 Å². The van der Waals surface area contributed by atoms with Crippen LogP contribution in [0.3, 0.4) is 0 Å². The number of hydrogen-bond donors (Lipinski definition) is 1. The summed E-state index contributed by atoms with van der Waals surface area (Å²) in [6.45, 7) is 0. The van der Waals surface area contributed by atoms with E-state index in [0.717, 1.165) is 0 Å². The molecule has 1 aromatic rings. The Hall–Kier alpha value is -2.06. The van der Waals surface area contributed by atoms with E-state index in [0.29, 0.717) is 6.33 Å². The van der Waals surface area contributed by atoms with Gasteiger partial charge >= 0.3 is 18.2 Å². The van der Waals surface area contributed by atoms with Gasteiger partial charge in [-0.25, -0.2) is 9.18 Å². The summed E-state index contributed by atoms with van der Waals surface area (Å²) in [5.41, 5.74) is 0. The highest BCUT2D eigenvalue weighted by atomic mass is 19.1. The van der Waals surface area contributed by atoms with Crippen LogP contribution in [0.2, 0.25) is 0 Å². The summed E-state index contributed by atoms with van der Waals surface area (Å²) < 4.78 is 12.8. The molecular formula is C4H3FN4O4. The molecule has 8 nitrogen and oxygen atoms in total. The molecule has 0 aliphatic carbocycles. The standard InChI is InChI=1S/C4H3FN4O4/c5-2(3(10)11)8-1-6-4(7-8)9(12)13/h1-2H,(H,10,11). The number of carbonyl (C=O) groups is 1. The molecule has 1 N–H and O–H groups in total. The number of alkyl halides is 1. The highest BCUT2D eigenvalue weighted by Crippen LogP contribution is 2.08. The number of aliphatic carboxylic acids is 1. The zero-order valence-corrected chi connectivity index (χ0v) is 5.99. The molecule has 0 amide bonds. The van der Waals surface area contributed by atoms with Gasteiger partial charge in [0.05, 0.1) is 0 Å². The summed E-state index contributed by atoms with van der Waals surface area (Å²) in [5, 5.41) is 21.1. The Morgan fingerprint density at radius 2 is 2.46 bits per heavy atom. The second kappa shape index (κ2) is 3.13. The lowest BCUT2D eigenvalue weighted by Gasteiger charge is -1.95. The Kier molecular flexibility index (Phi) is 2.17. The van der Waals surface area contributed by atoms with Crippen LogP contribution >= 0.6 is 0 Å². The van der Waals surface area contributed by atoms with E-state index in [9.17, 15) is 19.3 Å². The summed E-state index contributed by atoms with van der Waals surface area (Å²) in [6, 6.07) is 0. The first-order chi connectivity index (χ1) is 6.02. The molecule has 0 spiro atoms. The molecule has 0 fully saturated rings. The number of carboxylic acid groups (broad SMARTS) is 1. The van der Waals surface area contributed by atoms with Gasteiger partial charge in [-0.05, 0) is 4.92 Å². The molecule has 0 saturated carbocycles. The number of carboxylic acids is 1. The van der Waals surface area contributed by atoms with Gasteiger partial charge in [-0.3, -0.25) is 0 Å². The second-order valence-corrected chi connectivity index (χ2v) is 1.96. The Balaban J connectivity index is 2.91. The highest BCUT2D eigenvalue weighted by Gasteiger charge is 2.25. The first-order valence-corrected chi connectivity index (χ1v) is 2.95. The van der Waals surface area contributed by atoms with Crippen LogP contribution in [-0.2, 0) is 4.79 Å². The van der Waals surface area contributed by atoms with Crippen molar-refractivity contribution in [1.29, 1.82) is 0 Å². The van der Waals surface area contributed by atoms with Gasteiger partial charge in [0.2, 0.25) is 6.33 Å². The first-order valence-electron chi connectivity index (χ1n) is 2.95. The molecule has 13 heavy (non-hydrogen) atoms. The molecule has 0 bridgehead atoms. The van der Waals surface area contributed by atoms with E-state index in [-0.39, 0.29) is 4.68 Å². The van der Waals surface area contributed by atoms with Gasteiger partial charge in [0.25, 0.3) is 0 Å². The normalized spacial score (nSPS) is 12.4. The monoisotopic (exact) mass is 190 g/mol. The van der Waals surface area contributed by atoms with E-state index in [2.05, 4.69) is 10.1 Å². The second-order valence-electron chi connectivity index (χ2n) is 1.96. The lowest BCUT2D eigenvalue weighted by atomic mass is 10.6. The largest absolute Gasteiger partial charge is 0.491 e. The van der Waals surface area contributed by atoms with Crippen molar-refractivity contribution in [2.24, 2.45) is 0 Å². The van der Waals surface area contributed by atoms with Gasteiger partial charge in [-0.1, -0.05) is 4.98 Å². The van der Waals surface area contributed by atoms with Crippen molar-refractivity contribution in [2.45, 2.75) is 6.30 Å². The van der Waals surface area contributed by atoms with Crippen LogP contribution < -0.4 is 0 Å². The fraction of sp³-hybridized carbons (Fsp3) is 0.250. The Bertz CT molecular complexity index is 350. The molecule has 70 valence electrons. The highest BCUT2D eigenvalue weighted by molar-refractivity contribution is 5.69. The van der Waals surface area contributed by atoms with E-state index in [4.69, 9.17) is 5.11 Å². The van der Waals surface area contributed by atoms with Gasteiger partial charge in [0.1, 0.15) is 0 Å². The zero-order valence-electron chi connectivity index (χ0n) is 5.99. The molecule has 0 radical (unpaired) electrons. The maximum atomic E-state index is 12.6. The number of nitro groups is 1. The summed E-state index contributed by atoms with van der Waals surface area (Å²) in [5.74, 6) is -2.64. The van der Waals surface area contributed by atoms with Crippen LogP contribution in [0.4, 0.5) is 10.3 Å². The SMILES string of the molecule is O=C(O)C(F)n1cnc([N+](=O)[O-])n1. The molecule has 1 unspecified atom stereocenters. The minimum Gasteiger partial charge on any atom is -0.478 e. The predicted molar refractivity (Wildman–Crippen MR) is 34.5 cm³/mol. The van der Waals surface area contributed by atoms with Gasteiger partial charge in [0, 0.05) is 5.10 Å². The molecule has 0 aliphatic heterocycles. The van der Waals surface area contributed by atoms with Gasteiger partial charge < -0.3 is 15.2 Å². The van der Waals surface area contributed by atoms with Crippen LogP contribution in [0.5, 0.6) is 0 Å². The molecule has 1 atom stereocenters. The van der Waals surface area contributed by atoms with Crippen LogP contribution in [-0.4, -0.2) is 30.8 Å². The third-order valence-corrected chi connectivity index (χ3v) is 1.10. The van der Waals surface area contributed by atoms with Gasteiger partial charge in [-0.15, -0.1) is 4.68 Å². The maximum Gasteiger partial charge on any atom is 0.491 e. The van der Waals surface area contributed by atoms with Crippen LogP contribution in [0.1, 0.15) is 6.30 Å². The minimum absolute atomic E-state index is 0.250. The third kappa shape index (κ3) is 1.75. The maximum absolute atomic E-state index is 12.6. The topological polar surface area (TPSA) is 111 Å². The van der Waals surface area contributed by atoms with Crippen LogP contribution in [0.15, 0.2) is 6.33 Å². The molecule has 1 heterocycles.